The van der Waals surface area contributed by atoms with Crippen LogP contribution in [0.3, 0.4) is 0 Å². The maximum absolute atomic E-state index is 13.0. The van der Waals surface area contributed by atoms with Crippen LogP contribution in [0, 0.1) is 17.0 Å². The topological polar surface area (TPSA) is 110 Å². The van der Waals surface area contributed by atoms with Crippen molar-refractivity contribution in [2.75, 3.05) is 11.9 Å². The van der Waals surface area contributed by atoms with Crippen LogP contribution < -0.4 is 5.32 Å². The molecule has 0 radical (unpaired) electrons. The number of aryl methyl sites for hydroxylation is 2. The van der Waals surface area contributed by atoms with Crippen molar-refractivity contribution in [2.24, 2.45) is 7.05 Å². The number of imidazole rings is 1. The molecular formula is C21H20ClN5O4. The molecule has 2 amide bonds. The lowest BCUT2D eigenvalue weighted by Crippen LogP contribution is -2.43. The average Bonchev–Trinajstić information content (AvgIpc) is 3.32. The number of anilines is 1. The van der Waals surface area contributed by atoms with Gasteiger partial charge < -0.3 is 9.47 Å². The first-order valence-corrected chi connectivity index (χ1v) is 10.1. The molecule has 0 spiro atoms. The lowest BCUT2D eigenvalue weighted by molar-refractivity contribution is -0.385. The number of fused-ring (bicyclic) bond motifs is 1. The minimum atomic E-state index is -0.647. The van der Waals surface area contributed by atoms with Gasteiger partial charge in [0.05, 0.1) is 16.0 Å². The monoisotopic (exact) mass is 441 g/mol. The SMILES string of the molecule is Cc1cc(C(=O)N2CCCC2C(=O)Nc2nc3cc(Cl)ccc3n2C)ccc1[N+](=O)[O-]. The van der Waals surface area contributed by atoms with Gasteiger partial charge in [-0.2, -0.15) is 0 Å². The Morgan fingerprint density at radius 2 is 2.03 bits per heavy atom. The van der Waals surface area contributed by atoms with E-state index in [1.807, 2.05) is 6.07 Å². The number of nitro groups is 1. The highest BCUT2D eigenvalue weighted by Gasteiger charge is 2.35. The Hall–Kier alpha value is -3.46. The zero-order valence-electron chi connectivity index (χ0n) is 17.0. The zero-order valence-corrected chi connectivity index (χ0v) is 17.7. The van der Waals surface area contributed by atoms with Crippen LogP contribution in [0.15, 0.2) is 36.4 Å². The number of likely N-dealkylation sites (tertiary alicyclic amines) is 1. The van der Waals surface area contributed by atoms with Crippen LogP contribution in [0.5, 0.6) is 0 Å². The molecule has 9 nitrogen and oxygen atoms in total. The second-order valence-corrected chi connectivity index (χ2v) is 7.97. The summed E-state index contributed by atoms with van der Waals surface area (Å²) in [6.07, 6.45) is 1.22. The van der Waals surface area contributed by atoms with Crippen LogP contribution >= 0.6 is 11.6 Å². The second kappa shape index (κ2) is 7.99. The van der Waals surface area contributed by atoms with Crippen molar-refractivity contribution in [1.82, 2.24) is 14.5 Å². The number of hydrogen-bond donors (Lipinski definition) is 1. The molecule has 1 aromatic heterocycles. The van der Waals surface area contributed by atoms with Crippen molar-refractivity contribution < 1.29 is 14.5 Å². The summed E-state index contributed by atoms with van der Waals surface area (Å²) in [5.74, 6) is -0.283. The lowest BCUT2D eigenvalue weighted by atomic mass is 10.1. The van der Waals surface area contributed by atoms with Gasteiger partial charge in [-0.05, 0) is 50.1 Å². The fourth-order valence-corrected chi connectivity index (χ4v) is 4.09. The molecule has 2 heterocycles. The Labute approximate surface area is 182 Å². The molecule has 1 fully saturated rings. The van der Waals surface area contributed by atoms with Crippen molar-refractivity contribution in [3.63, 3.8) is 0 Å². The summed E-state index contributed by atoms with van der Waals surface area (Å²) in [4.78, 5) is 42.5. The number of carbonyl (C=O) groups is 2. The van der Waals surface area contributed by atoms with E-state index < -0.39 is 11.0 Å². The summed E-state index contributed by atoms with van der Waals surface area (Å²) in [7, 11) is 1.79. The van der Waals surface area contributed by atoms with E-state index in [4.69, 9.17) is 11.6 Å². The standard InChI is InChI=1S/C21H20ClN5O4/c1-12-10-13(5-7-16(12)27(30)31)20(29)26-9-3-4-18(26)19(28)24-21-23-15-11-14(22)6-8-17(15)25(21)2/h5-8,10-11,18H,3-4,9H2,1-2H3,(H,23,24,28). The second-order valence-electron chi connectivity index (χ2n) is 7.53. The smallest absolute Gasteiger partial charge is 0.272 e. The van der Waals surface area contributed by atoms with Gasteiger partial charge in [0.2, 0.25) is 11.9 Å². The number of carbonyl (C=O) groups excluding carboxylic acids is 2. The summed E-state index contributed by atoms with van der Waals surface area (Å²) in [5.41, 5.74) is 2.15. The molecule has 10 heteroatoms. The first-order chi connectivity index (χ1) is 14.8. The van der Waals surface area contributed by atoms with Gasteiger partial charge in [-0.1, -0.05) is 11.6 Å². The van der Waals surface area contributed by atoms with Gasteiger partial charge in [-0.25, -0.2) is 4.98 Å². The summed E-state index contributed by atoms with van der Waals surface area (Å²) in [5, 5.41) is 14.4. The van der Waals surface area contributed by atoms with Crippen molar-refractivity contribution in [1.29, 1.82) is 0 Å². The van der Waals surface area contributed by atoms with E-state index in [2.05, 4.69) is 10.3 Å². The van der Waals surface area contributed by atoms with Gasteiger partial charge in [-0.3, -0.25) is 25.0 Å². The lowest BCUT2D eigenvalue weighted by Gasteiger charge is -2.24. The molecule has 1 atom stereocenters. The Bertz CT molecular complexity index is 1220. The molecule has 31 heavy (non-hydrogen) atoms. The number of nitrogens with one attached hydrogen (secondary N) is 1. The van der Waals surface area contributed by atoms with Gasteiger partial charge in [0.25, 0.3) is 11.6 Å². The van der Waals surface area contributed by atoms with E-state index in [0.717, 1.165) is 5.52 Å². The predicted octanol–water partition coefficient (Wildman–Crippen LogP) is 3.69. The number of nitro benzene ring substituents is 1. The summed E-state index contributed by atoms with van der Waals surface area (Å²) in [6, 6.07) is 8.88. The molecule has 1 aliphatic rings. The van der Waals surface area contributed by atoms with Crippen molar-refractivity contribution in [2.45, 2.75) is 25.8 Å². The Morgan fingerprint density at radius 3 is 2.74 bits per heavy atom. The first-order valence-electron chi connectivity index (χ1n) is 9.75. The Kier molecular flexibility index (Phi) is 5.36. The highest BCUT2D eigenvalue weighted by Crippen LogP contribution is 2.26. The molecule has 160 valence electrons. The summed E-state index contributed by atoms with van der Waals surface area (Å²) in [6.45, 7) is 2.02. The molecule has 1 saturated heterocycles. The molecule has 3 aromatic rings. The number of nitrogens with zero attached hydrogens (tertiary/aromatic N) is 4. The van der Waals surface area contributed by atoms with Crippen LogP contribution in [0.4, 0.5) is 11.6 Å². The third kappa shape index (κ3) is 3.84. The molecule has 0 bridgehead atoms. The Balaban J connectivity index is 1.55. The van der Waals surface area contributed by atoms with Crippen LogP contribution in [-0.4, -0.2) is 43.8 Å². The third-order valence-electron chi connectivity index (χ3n) is 5.53. The zero-order chi connectivity index (χ0) is 22.3. The van der Waals surface area contributed by atoms with E-state index in [1.165, 1.54) is 23.1 Å². The molecule has 2 aromatic carbocycles. The average molecular weight is 442 g/mol. The van der Waals surface area contributed by atoms with Crippen LogP contribution in [0.25, 0.3) is 11.0 Å². The number of benzene rings is 2. The number of hydrogen-bond acceptors (Lipinski definition) is 5. The van der Waals surface area contributed by atoms with E-state index in [0.29, 0.717) is 47.0 Å². The van der Waals surface area contributed by atoms with Crippen molar-refractivity contribution >= 4 is 46.1 Å². The maximum Gasteiger partial charge on any atom is 0.272 e. The van der Waals surface area contributed by atoms with E-state index in [9.17, 15) is 19.7 Å². The molecule has 1 aliphatic heterocycles. The largest absolute Gasteiger partial charge is 0.327 e. The van der Waals surface area contributed by atoms with Gasteiger partial charge in [-0.15, -0.1) is 0 Å². The highest BCUT2D eigenvalue weighted by molar-refractivity contribution is 6.31. The minimum Gasteiger partial charge on any atom is -0.327 e. The fourth-order valence-electron chi connectivity index (χ4n) is 3.92. The normalized spacial score (nSPS) is 16.0. The molecular weight excluding hydrogens is 422 g/mol. The van der Waals surface area contributed by atoms with Gasteiger partial charge in [0.1, 0.15) is 6.04 Å². The minimum absolute atomic E-state index is 0.0470. The molecule has 0 saturated carbocycles. The summed E-state index contributed by atoms with van der Waals surface area (Å²) < 4.78 is 1.75. The fraction of sp³-hybridized carbons (Fsp3) is 0.286. The van der Waals surface area contributed by atoms with Crippen LogP contribution in [0.2, 0.25) is 5.02 Å². The maximum atomic E-state index is 13.0. The number of aromatic nitrogens is 2. The molecule has 4 rings (SSSR count). The van der Waals surface area contributed by atoms with E-state index >= 15 is 0 Å². The quantitative estimate of drug-likeness (QED) is 0.490. The van der Waals surface area contributed by atoms with E-state index in [-0.39, 0.29) is 17.5 Å². The van der Waals surface area contributed by atoms with Gasteiger partial charge in [0.15, 0.2) is 0 Å². The van der Waals surface area contributed by atoms with Crippen LogP contribution in [0.1, 0.15) is 28.8 Å². The molecule has 0 aliphatic carbocycles. The van der Waals surface area contributed by atoms with Crippen molar-refractivity contribution in [3.8, 4) is 0 Å². The molecule has 1 unspecified atom stereocenters. The Morgan fingerprint density at radius 1 is 1.26 bits per heavy atom. The van der Waals surface area contributed by atoms with Gasteiger partial charge in [0, 0.05) is 35.8 Å². The number of rotatable bonds is 4. The van der Waals surface area contributed by atoms with Gasteiger partial charge >= 0.3 is 0 Å². The predicted molar refractivity (Wildman–Crippen MR) is 116 cm³/mol. The number of halogens is 1. The van der Waals surface area contributed by atoms with E-state index in [1.54, 1.807) is 30.7 Å². The summed E-state index contributed by atoms with van der Waals surface area (Å²) >= 11 is 6.02. The van der Waals surface area contributed by atoms with Crippen LogP contribution in [-0.2, 0) is 11.8 Å². The highest BCUT2D eigenvalue weighted by atomic mass is 35.5. The van der Waals surface area contributed by atoms with Crippen molar-refractivity contribution in [3.05, 3.63) is 62.7 Å². The third-order valence-corrected chi connectivity index (χ3v) is 5.77. The number of amides is 2. The first kappa shape index (κ1) is 20.8. The molecule has 1 N–H and O–H groups in total.